The minimum atomic E-state index is -1.07. The van der Waals surface area contributed by atoms with E-state index in [9.17, 15) is 19.8 Å². The fourth-order valence-corrected chi connectivity index (χ4v) is 4.63. The molecule has 3 aliphatic rings. The van der Waals surface area contributed by atoms with Crippen LogP contribution < -0.4 is 5.32 Å². The standard InChI is InChI=1S/C16H23N3O4S/c1-9(20)13-10-8-11(14(16(22)23)19(10)15(13)21)24-7-6-18-12-4-2-3-5-17-12/h9-10,13,20H,2-8H2,1H3,(H,17,18)(H,22,23)/t9?,10-,13-/m1/s1. The zero-order valence-corrected chi connectivity index (χ0v) is 14.5. The minimum absolute atomic E-state index is 0.0990. The highest BCUT2D eigenvalue weighted by Crippen LogP contribution is 2.46. The number of nitrogens with zero attached hydrogens (tertiary/aromatic N) is 2. The van der Waals surface area contributed by atoms with Gasteiger partial charge in [0.1, 0.15) is 5.70 Å². The highest BCUT2D eigenvalue weighted by molar-refractivity contribution is 8.03. The van der Waals surface area contributed by atoms with Gasteiger partial charge in [0.15, 0.2) is 0 Å². The molecule has 1 amide bonds. The zero-order chi connectivity index (χ0) is 17.3. The first-order valence-corrected chi connectivity index (χ1v) is 9.37. The van der Waals surface area contributed by atoms with Crippen LogP contribution in [0.3, 0.4) is 0 Å². The van der Waals surface area contributed by atoms with E-state index >= 15 is 0 Å². The lowest BCUT2D eigenvalue weighted by Gasteiger charge is -2.44. The van der Waals surface area contributed by atoms with E-state index in [0.717, 1.165) is 48.8 Å². The van der Waals surface area contributed by atoms with Gasteiger partial charge >= 0.3 is 5.97 Å². The molecule has 3 N–H and O–H groups in total. The van der Waals surface area contributed by atoms with Gasteiger partial charge in [-0.1, -0.05) is 0 Å². The van der Waals surface area contributed by atoms with Crippen molar-refractivity contribution in [2.45, 2.75) is 44.8 Å². The Morgan fingerprint density at radius 3 is 2.92 bits per heavy atom. The first-order valence-electron chi connectivity index (χ1n) is 8.38. The van der Waals surface area contributed by atoms with Crippen LogP contribution >= 0.6 is 11.8 Å². The van der Waals surface area contributed by atoms with Crippen molar-refractivity contribution in [3.8, 4) is 0 Å². The number of carbonyl (C=O) groups is 2. The van der Waals surface area contributed by atoms with Crippen LogP contribution in [0.25, 0.3) is 0 Å². The monoisotopic (exact) mass is 353 g/mol. The topological polar surface area (TPSA) is 102 Å². The molecule has 0 spiro atoms. The number of β-lactam (4-membered cyclic amide) rings is 1. The molecule has 7 nitrogen and oxygen atoms in total. The molecule has 0 saturated carbocycles. The average molecular weight is 353 g/mol. The molecule has 1 unspecified atom stereocenters. The van der Waals surface area contributed by atoms with Crippen LogP contribution in [0.4, 0.5) is 0 Å². The van der Waals surface area contributed by atoms with Crippen molar-refractivity contribution in [1.29, 1.82) is 0 Å². The Morgan fingerprint density at radius 1 is 1.50 bits per heavy atom. The largest absolute Gasteiger partial charge is 0.477 e. The quantitative estimate of drug-likeness (QED) is 0.482. The van der Waals surface area contributed by atoms with Gasteiger partial charge in [0.2, 0.25) is 5.91 Å². The Morgan fingerprint density at radius 2 is 2.29 bits per heavy atom. The van der Waals surface area contributed by atoms with Gasteiger partial charge in [-0.2, -0.15) is 0 Å². The Hall–Kier alpha value is -1.54. The second-order valence-corrected chi connectivity index (χ2v) is 7.57. The van der Waals surface area contributed by atoms with E-state index in [0.29, 0.717) is 6.42 Å². The van der Waals surface area contributed by atoms with Gasteiger partial charge in [-0.05, 0) is 19.8 Å². The molecule has 0 bridgehead atoms. The van der Waals surface area contributed by atoms with E-state index in [-0.39, 0.29) is 17.6 Å². The van der Waals surface area contributed by atoms with Crippen LogP contribution in [0.1, 0.15) is 32.6 Å². The molecule has 3 rings (SSSR count). The molecule has 24 heavy (non-hydrogen) atoms. The first-order chi connectivity index (χ1) is 11.5. The van der Waals surface area contributed by atoms with Crippen LogP contribution in [0.15, 0.2) is 15.6 Å². The SMILES string of the molecule is CC(O)[C@H]1C(=O)N2C(C(=O)O)=C(SCCNC3=NCCCC3)C[C@H]12. The van der Waals surface area contributed by atoms with Crippen molar-refractivity contribution in [3.63, 3.8) is 0 Å². The Kier molecular flexibility index (Phi) is 5.15. The smallest absolute Gasteiger partial charge is 0.353 e. The summed E-state index contributed by atoms with van der Waals surface area (Å²) in [6.45, 7) is 3.18. The van der Waals surface area contributed by atoms with Crippen molar-refractivity contribution in [2.24, 2.45) is 10.9 Å². The molecule has 3 heterocycles. The molecular weight excluding hydrogens is 330 g/mol. The number of amides is 1. The summed E-state index contributed by atoms with van der Waals surface area (Å²) in [5.41, 5.74) is 0.0990. The van der Waals surface area contributed by atoms with E-state index in [1.807, 2.05) is 0 Å². The number of aliphatic hydroxyl groups is 1. The summed E-state index contributed by atoms with van der Waals surface area (Å²) in [7, 11) is 0. The fourth-order valence-electron chi connectivity index (χ4n) is 3.57. The number of thioether (sulfide) groups is 1. The lowest BCUT2D eigenvalue weighted by atomic mass is 9.83. The lowest BCUT2D eigenvalue weighted by molar-refractivity contribution is -0.161. The summed E-state index contributed by atoms with van der Waals surface area (Å²) < 4.78 is 0. The maximum Gasteiger partial charge on any atom is 0.353 e. The molecule has 1 saturated heterocycles. The molecule has 0 aromatic heterocycles. The van der Waals surface area contributed by atoms with Gasteiger partial charge in [0.05, 0.1) is 23.9 Å². The van der Waals surface area contributed by atoms with E-state index in [1.54, 1.807) is 6.92 Å². The van der Waals surface area contributed by atoms with Gasteiger partial charge in [0, 0.05) is 36.6 Å². The zero-order valence-electron chi connectivity index (χ0n) is 13.7. The van der Waals surface area contributed by atoms with Gasteiger partial charge in [-0.25, -0.2) is 4.79 Å². The van der Waals surface area contributed by atoms with Crippen molar-refractivity contribution in [3.05, 3.63) is 10.6 Å². The number of rotatable bonds is 6. The maximum absolute atomic E-state index is 12.1. The van der Waals surface area contributed by atoms with Crippen molar-refractivity contribution < 1.29 is 19.8 Å². The Balaban J connectivity index is 1.57. The summed E-state index contributed by atoms with van der Waals surface area (Å²) in [4.78, 5) is 30.2. The average Bonchev–Trinajstić information content (AvgIpc) is 2.86. The third-order valence-corrected chi connectivity index (χ3v) is 5.84. The van der Waals surface area contributed by atoms with Crippen molar-refractivity contribution >= 4 is 29.5 Å². The number of hydrogen-bond acceptors (Lipinski definition) is 6. The van der Waals surface area contributed by atoms with Gasteiger partial charge in [0.25, 0.3) is 0 Å². The number of nitrogens with one attached hydrogen (secondary N) is 1. The molecular formula is C16H23N3O4S. The van der Waals surface area contributed by atoms with Crippen molar-refractivity contribution in [1.82, 2.24) is 10.2 Å². The third kappa shape index (κ3) is 3.17. The Bertz CT molecular complexity index is 602. The summed E-state index contributed by atoms with van der Waals surface area (Å²) in [6, 6.07) is -0.207. The molecule has 1 fully saturated rings. The molecule has 8 heteroatoms. The van der Waals surface area contributed by atoms with Crippen LogP contribution in [0.2, 0.25) is 0 Å². The normalized spacial score (nSPS) is 27.5. The number of amidine groups is 1. The lowest BCUT2D eigenvalue weighted by Crippen LogP contribution is -2.61. The number of aliphatic hydroxyl groups excluding tert-OH is 1. The highest BCUT2D eigenvalue weighted by atomic mass is 32.2. The minimum Gasteiger partial charge on any atom is -0.477 e. The summed E-state index contributed by atoms with van der Waals surface area (Å²) in [6.07, 6.45) is 3.06. The van der Waals surface area contributed by atoms with Gasteiger partial charge in [-0.3, -0.25) is 9.79 Å². The van der Waals surface area contributed by atoms with E-state index in [4.69, 9.17) is 0 Å². The maximum atomic E-state index is 12.1. The highest BCUT2D eigenvalue weighted by Gasteiger charge is 2.56. The number of aliphatic carboxylic acids is 1. The number of carboxylic acids is 1. The predicted octanol–water partition coefficient (Wildman–Crippen LogP) is 0.799. The third-order valence-electron chi connectivity index (χ3n) is 4.72. The second kappa shape index (κ2) is 7.14. The predicted molar refractivity (Wildman–Crippen MR) is 91.7 cm³/mol. The molecule has 0 aliphatic carbocycles. The van der Waals surface area contributed by atoms with E-state index < -0.39 is 18.0 Å². The molecule has 3 aliphatic heterocycles. The number of carbonyl (C=O) groups excluding carboxylic acids is 1. The van der Waals surface area contributed by atoms with Crippen molar-refractivity contribution in [2.75, 3.05) is 18.8 Å². The fraction of sp³-hybridized carbons (Fsp3) is 0.688. The summed E-state index contributed by atoms with van der Waals surface area (Å²) in [5, 5.41) is 22.5. The number of fused-ring (bicyclic) bond motifs is 1. The van der Waals surface area contributed by atoms with E-state index in [1.165, 1.54) is 16.7 Å². The molecule has 0 aromatic carbocycles. The molecule has 132 valence electrons. The first kappa shape index (κ1) is 17.3. The number of hydrogen-bond donors (Lipinski definition) is 3. The summed E-state index contributed by atoms with van der Waals surface area (Å²) in [5.74, 6) is -0.0695. The molecule has 0 radical (unpaired) electrons. The van der Waals surface area contributed by atoms with Crippen LogP contribution in [0, 0.1) is 5.92 Å². The van der Waals surface area contributed by atoms with Crippen LogP contribution in [-0.2, 0) is 9.59 Å². The Labute approximate surface area is 145 Å². The molecule has 0 aromatic rings. The van der Waals surface area contributed by atoms with Crippen LogP contribution in [0.5, 0.6) is 0 Å². The number of aliphatic imine (C=N–C) groups is 1. The van der Waals surface area contributed by atoms with Gasteiger partial charge in [-0.15, -0.1) is 11.8 Å². The number of carboxylic acid groups (broad SMARTS) is 1. The van der Waals surface area contributed by atoms with Gasteiger partial charge < -0.3 is 20.4 Å². The summed E-state index contributed by atoms with van der Waals surface area (Å²) >= 11 is 1.48. The van der Waals surface area contributed by atoms with E-state index in [2.05, 4.69) is 10.3 Å². The molecule has 3 atom stereocenters. The van der Waals surface area contributed by atoms with Crippen LogP contribution in [-0.4, -0.2) is 63.8 Å². The second-order valence-electron chi connectivity index (χ2n) is 6.38.